The molecule has 0 bridgehead atoms. The van der Waals surface area contributed by atoms with Crippen molar-refractivity contribution in [3.05, 3.63) is 142 Å². The van der Waals surface area contributed by atoms with Crippen molar-refractivity contribution in [3.8, 4) is 11.5 Å². The SMILES string of the molecule is O.O.O=S(=O)(Nc1ncccn1)c1ccc(N=Cc2cc(Br)ccc2[O-])cc1.O=S(=O)(Nc1ncccn1)c1ccc(N=Cc2cc(Br)ccc2[O-])cc1.[Zn+2]. The first-order valence-electron chi connectivity index (χ1n) is 14.7. The third kappa shape index (κ3) is 13.7. The fourth-order valence-electron chi connectivity index (χ4n) is 4.01. The second-order valence-corrected chi connectivity index (χ2v) is 15.4. The summed E-state index contributed by atoms with van der Waals surface area (Å²) in [7, 11) is -7.59. The van der Waals surface area contributed by atoms with Crippen molar-refractivity contribution in [2.24, 2.45) is 9.98 Å². The van der Waals surface area contributed by atoms with Gasteiger partial charge in [-0.1, -0.05) is 55.5 Å². The van der Waals surface area contributed by atoms with Gasteiger partial charge in [-0.15, -0.1) is 0 Å². The van der Waals surface area contributed by atoms with Crippen LogP contribution in [0.15, 0.2) is 151 Å². The second kappa shape index (κ2) is 21.2. The number of hydrogen-bond donors (Lipinski definition) is 2. The minimum Gasteiger partial charge on any atom is -0.872 e. The average molecular weight is 966 g/mol. The quantitative estimate of drug-likeness (QED) is 0.147. The Morgan fingerprint density at radius 3 is 1.20 bits per heavy atom. The third-order valence-corrected chi connectivity index (χ3v) is 10.2. The second-order valence-electron chi connectivity index (χ2n) is 10.2. The first-order chi connectivity index (χ1) is 24.9. The summed E-state index contributed by atoms with van der Waals surface area (Å²) < 4.78 is 55.3. The molecule has 2 aromatic heterocycles. The number of rotatable bonds is 10. The van der Waals surface area contributed by atoms with Gasteiger partial charge in [-0.3, -0.25) is 9.98 Å². The van der Waals surface area contributed by atoms with E-state index < -0.39 is 20.0 Å². The van der Waals surface area contributed by atoms with Gasteiger partial charge < -0.3 is 21.2 Å². The molecule has 0 radical (unpaired) electrons. The zero-order chi connectivity index (χ0) is 37.1. The van der Waals surface area contributed by atoms with Crippen LogP contribution < -0.4 is 19.7 Å². The van der Waals surface area contributed by atoms with Gasteiger partial charge in [0.1, 0.15) is 0 Å². The van der Waals surface area contributed by atoms with Gasteiger partial charge in [0.25, 0.3) is 20.0 Å². The fourth-order valence-corrected chi connectivity index (χ4v) is 6.69. The molecule has 0 atom stereocenters. The molecule has 16 nitrogen and oxygen atoms in total. The summed E-state index contributed by atoms with van der Waals surface area (Å²) in [4.78, 5) is 23.8. The van der Waals surface area contributed by atoms with E-state index in [0.29, 0.717) is 22.5 Å². The molecule has 0 saturated carbocycles. The van der Waals surface area contributed by atoms with Crippen LogP contribution in [0.5, 0.6) is 11.5 Å². The zero-order valence-electron chi connectivity index (χ0n) is 28.1. The van der Waals surface area contributed by atoms with Crippen LogP contribution in [0, 0.1) is 0 Å². The van der Waals surface area contributed by atoms with E-state index in [-0.39, 0.29) is 63.6 Å². The summed E-state index contributed by atoms with van der Waals surface area (Å²) in [6.45, 7) is 0. The van der Waals surface area contributed by atoms with E-state index in [1.54, 1.807) is 60.7 Å². The summed E-state index contributed by atoms with van der Waals surface area (Å²) >= 11 is 6.59. The molecule has 0 fully saturated rings. The Hall–Kier alpha value is -5.02. The van der Waals surface area contributed by atoms with Gasteiger partial charge in [-0.05, 0) is 96.1 Å². The maximum Gasteiger partial charge on any atom is 2.00 e. The molecule has 6 rings (SSSR count). The van der Waals surface area contributed by atoms with Crippen LogP contribution in [-0.4, -0.2) is 60.2 Å². The minimum atomic E-state index is -3.79. The minimum absolute atomic E-state index is 0. The first kappa shape index (κ1) is 46.1. The molecule has 6 N–H and O–H groups in total. The topological polar surface area (TPSA) is 278 Å². The Morgan fingerprint density at radius 1 is 0.545 bits per heavy atom. The van der Waals surface area contributed by atoms with Crippen molar-refractivity contribution in [1.82, 2.24) is 19.9 Å². The predicted molar refractivity (Wildman–Crippen MR) is 207 cm³/mol. The Morgan fingerprint density at radius 2 is 0.873 bits per heavy atom. The number of sulfonamides is 2. The van der Waals surface area contributed by atoms with E-state index in [1.165, 1.54) is 73.6 Å². The summed E-state index contributed by atoms with van der Waals surface area (Å²) in [5, 5.41) is 23.5. The van der Waals surface area contributed by atoms with Crippen LogP contribution in [-0.2, 0) is 39.5 Å². The molecule has 280 valence electrons. The molecule has 0 aliphatic carbocycles. The van der Waals surface area contributed by atoms with Gasteiger partial charge in [0.05, 0.1) is 21.2 Å². The van der Waals surface area contributed by atoms with Crippen molar-refractivity contribution >= 4 is 87.6 Å². The number of benzene rings is 4. The van der Waals surface area contributed by atoms with Crippen molar-refractivity contribution in [2.75, 3.05) is 9.44 Å². The van der Waals surface area contributed by atoms with Gasteiger partial charge in [-0.2, -0.15) is 0 Å². The van der Waals surface area contributed by atoms with E-state index >= 15 is 0 Å². The van der Waals surface area contributed by atoms with Crippen molar-refractivity contribution in [3.63, 3.8) is 0 Å². The van der Waals surface area contributed by atoms with Gasteiger partial charge in [0.15, 0.2) is 0 Å². The normalized spacial score (nSPS) is 10.9. The van der Waals surface area contributed by atoms with Crippen molar-refractivity contribution in [2.45, 2.75) is 9.79 Å². The van der Waals surface area contributed by atoms with Gasteiger partial charge in [0.2, 0.25) is 11.9 Å². The molecule has 0 aliphatic rings. The van der Waals surface area contributed by atoms with E-state index in [0.717, 1.165) is 8.95 Å². The maximum absolute atomic E-state index is 12.3. The summed E-state index contributed by atoms with van der Waals surface area (Å²) in [5.41, 5.74) is 1.89. The van der Waals surface area contributed by atoms with Gasteiger partial charge >= 0.3 is 19.5 Å². The summed E-state index contributed by atoms with van der Waals surface area (Å²) in [6, 6.07) is 24.5. The van der Waals surface area contributed by atoms with Crippen LogP contribution in [0.2, 0.25) is 0 Å². The molecule has 0 amide bonds. The predicted octanol–water partition coefficient (Wildman–Crippen LogP) is 4.08. The average Bonchev–Trinajstić information content (AvgIpc) is 3.13. The zero-order valence-corrected chi connectivity index (χ0v) is 35.9. The van der Waals surface area contributed by atoms with E-state index in [4.69, 9.17) is 0 Å². The van der Waals surface area contributed by atoms with Crippen LogP contribution in [0.25, 0.3) is 0 Å². The fraction of sp³-hybridized carbons (Fsp3) is 0. The number of aliphatic imine (C=N–C) groups is 2. The van der Waals surface area contributed by atoms with Crippen LogP contribution in [0.3, 0.4) is 0 Å². The standard InChI is InChI=1S/2C17H13BrN4O3S.2H2O.Zn/c2*18-13-2-7-16(23)12(10-13)11-21-14-3-5-15(6-4-14)26(24,25)22-17-19-8-1-9-20-17;;;/h2*1-11,23H,(H,19,20,22);2*1H2;/q;;;;+2/p-2. The van der Waals surface area contributed by atoms with E-state index in [2.05, 4.69) is 71.2 Å². The Bertz CT molecular complexity index is 2260. The number of halogens is 2. The van der Waals surface area contributed by atoms with E-state index in [1.807, 2.05) is 0 Å². The van der Waals surface area contributed by atoms with Crippen LogP contribution in [0.4, 0.5) is 23.3 Å². The molecule has 0 saturated heterocycles. The number of anilines is 2. The summed E-state index contributed by atoms with van der Waals surface area (Å²) in [6.07, 6.45) is 8.63. The largest absolute Gasteiger partial charge is 2.00 e. The van der Waals surface area contributed by atoms with E-state index in [9.17, 15) is 27.0 Å². The monoisotopic (exact) mass is 962 g/mol. The Balaban J connectivity index is 0.000000360. The van der Waals surface area contributed by atoms with Crippen LogP contribution in [0.1, 0.15) is 11.1 Å². The maximum atomic E-state index is 12.3. The molecule has 0 spiro atoms. The van der Waals surface area contributed by atoms with Gasteiger partial charge in [-0.25, -0.2) is 46.2 Å². The Kier molecular flexibility index (Phi) is 17.8. The smallest absolute Gasteiger partial charge is 0.872 e. The molecule has 0 aliphatic heterocycles. The van der Waals surface area contributed by atoms with Crippen molar-refractivity contribution < 1.29 is 57.5 Å². The number of hydrogen-bond acceptors (Lipinski definition) is 12. The summed E-state index contributed by atoms with van der Waals surface area (Å²) in [5.74, 6) is -0.314. The molecule has 21 heteroatoms. The van der Waals surface area contributed by atoms with Crippen molar-refractivity contribution in [1.29, 1.82) is 0 Å². The molecular weight excluding hydrogens is 938 g/mol. The molecular formula is C34H28Br2N8O8S2Zn. The van der Waals surface area contributed by atoms with Gasteiger partial charge in [0, 0.05) is 46.2 Å². The number of aromatic nitrogens is 4. The third-order valence-electron chi connectivity index (χ3n) is 6.53. The molecule has 4 aromatic carbocycles. The molecule has 55 heavy (non-hydrogen) atoms. The number of nitrogens with zero attached hydrogens (tertiary/aromatic N) is 6. The molecule has 2 heterocycles. The Labute approximate surface area is 345 Å². The first-order valence-corrected chi connectivity index (χ1v) is 19.2. The van der Waals surface area contributed by atoms with Crippen LogP contribution >= 0.6 is 31.9 Å². The number of nitrogens with one attached hydrogen (secondary N) is 2. The molecule has 6 aromatic rings. The molecule has 0 unspecified atom stereocenters.